The molecule has 1 fully saturated rings. The van der Waals surface area contributed by atoms with Crippen molar-refractivity contribution in [2.45, 2.75) is 45.1 Å². The molecule has 3 aromatic rings. The number of hydrogen-bond donors (Lipinski definition) is 1. The van der Waals surface area contributed by atoms with E-state index in [4.69, 9.17) is 9.68 Å². The van der Waals surface area contributed by atoms with Crippen molar-refractivity contribution < 1.29 is 13.6 Å². The fraction of sp³-hybridized carbons (Fsp3) is 0.333. The maximum absolute atomic E-state index is 14.1. The fourth-order valence-electron chi connectivity index (χ4n) is 3.27. The first-order valence-electron chi connectivity index (χ1n) is 9.14. The van der Waals surface area contributed by atoms with Crippen molar-refractivity contribution in [3.05, 3.63) is 52.8 Å². The Kier molecular flexibility index (Phi) is 4.34. The predicted molar refractivity (Wildman–Crippen MR) is 102 cm³/mol. The molecule has 0 atom stereocenters. The lowest BCUT2D eigenvalue weighted by atomic mass is 10.00. The van der Waals surface area contributed by atoms with Gasteiger partial charge < -0.3 is 9.73 Å². The van der Waals surface area contributed by atoms with E-state index in [0.717, 1.165) is 12.8 Å². The molecule has 0 bridgehead atoms. The summed E-state index contributed by atoms with van der Waals surface area (Å²) in [7, 11) is 0. The molecule has 0 amide bonds. The lowest BCUT2D eigenvalue weighted by molar-refractivity contribution is 0.0982. The molecule has 2 heterocycles. The minimum absolute atomic E-state index is 0.0155. The zero-order valence-corrected chi connectivity index (χ0v) is 15.7. The Morgan fingerprint density at radius 2 is 2.18 bits per heavy atom. The van der Waals surface area contributed by atoms with Gasteiger partial charge in [0.05, 0.1) is 22.6 Å². The van der Waals surface area contributed by atoms with Crippen molar-refractivity contribution in [2.24, 2.45) is 0 Å². The van der Waals surface area contributed by atoms with Gasteiger partial charge in [-0.15, -0.1) is 0 Å². The van der Waals surface area contributed by atoms with Crippen molar-refractivity contribution in [1.82, 2.24) is 9.97 Å². The summed E-state index contributed by atoms with van der Waals surface area (Å²) in [4.78, 5) is 21.4. The van der Waals surface area contributed by atoms with Crippen LogP contribution in [0.2, 0.25) is 0 Å². The van der Waals surface area contributed by atoms with Gasteiger partial charge in [0, 0.05) is 12.0 Å². The monoisotopic (exact) mass is 378 g/mol. The molecule has 1 aromatic carbocycles. The van der Waals surface area contributed by atoms with Crippen LogP contribution in [-0.2, 0) is 6.42 Å². The van der Waals surface area contributed by atoms with Gasteiger partial charge in [-0.05, 0) is 50.8 Å². The number of ketones is 1. The molecule has 1 aliphatic carbocycles. The lowest BCUT2D eigenvalue weighted by Gasteiger charge is -2.13. The van der Waals surface area contributed by atoms with Gasteiger partial charge in [-0.1, -0.05) is 6.07 Å². The predicted octanol–water partition coefficient (Wildman–Crippen LogP) is 4.32. The molecular weight excluding hydrogens is 359 g/mol. The van der Waals surface area contributed by atoms with Crippen LogP contribution in [0.15, 0.2) is 28.9 Å². The summed E-state index contributed by atoms with van der Waals surface area (Å²) in [5.41, 5.74) is 1.45. The third kappa shape index (κ3) is 3.33. The lowest BCUT2D eigenvalue weighted by Crippen LogP contribution is -2.17. The molecule has 142 valence electrons. The number of benzene rings is 1. The third-order valence-corrected chi connectivity index (χ3v) is 5.17. The van der Waals surface area contributed by atoms with E-state index in [1.807, 2.05) is 6.07 Å². The number of halogens is 1. The van der Waals surface area contributed by atoms with E-state index in [1.54, 1.807) is 19.1 Å². The quantitative estimate of drug-likeness (QED) is 0.642. The molecule has 0 saturated heterocycles. The molecule has 2 aromatic heterocycles. The molecule has 1 aliphatic rings. The molecular formula is C21H19FN4O2. The highest BCUT2D eigenvalue weighted by atomic mass is 19.1. The highest BCUT2D eigenvalue weighted by Crippen LogP contribution is 2.40. The van der Waals surface area contributed by atoms with Crippen molar-refractivity contribution in [1.29, 1.82) is 5.26 Å². The number of rotatable bonds is 6. The van der Waals surface area contributed by atoms with Gasteiger partial charge >= 0.3 is 0 Å². The van der Waals surface area contributed by atoms with Crippen LogP contribution in [-0.4, -0.2) is 21.3 Å². The SMILES string of the molecule is Cc1oc2ncnc(NC3(C)CC3)c2c1C(=O)CCc1ccc(C#N)cc1F. The van der Waals surface area contributed by atoms with Crippen molar-refractivity contribution in [2.75, 3.05) is 5.32 Å². The molecule has 0 unspecified atom stereocenters. The highest BCUT2D eigenvalue weighted by molar-refractivity contribution is 6.11. The molecule has 1 saturated carbocycles. The molecule has 28 heavy (non-hydrogen) atoms. The van der Waals surface area contributed by atoms with E-state index < -0.39 is 5.82 Å². The molecule has 0 radical (unpaired) electrons. The molecule has 6 nitrogen and oxygen atoms in total. The van der Waals surface area contributed by atoms with E-state index >= 15 is 0 Å². The Morgan fingerprint density at radius 1 is 1.39 bits per heavy atom. The van der Waals surface area contributed by atoms with Crippen LogP contribution in [0.25, 0.3) is 11.1 Å². The van der Waals surface area contributed by atoms with E-state index in [9.17, 15) is 9.18 Å². The topological polar surface area (TPSA) is 91.8 Å². The van der Waals surface area contributed by atoms with Gasteiger partial charge in [-0.2, -0.15) is 5.26 Å². The van der Waals surface area contributed by atoms with E-state index in [-0.39, 0.29) is 29.7 Å². The highest BCUT2D eigenvalue weighted by Gasteiger charge is 2.38. The number of anilines is 1. The maximum Gasteiger partial charge on any atom is 0.232 e. The number of aromatic nitrogens is 2. The fourth-order valence-corrected chi connectivity index (χ4v) is 3.27. The second kappa shape index (κ2) is 6.71. The number of furan rings is 1. The number of nitrogens with one attached hydrogen (secondary N) is 1. The van der Waals surface area contributed by atoms with Crippen LogP contribution in [0.3, 0.4) is 0 Å². The molecule has 7 heteroatoms. The summed E-state index contributed by atoms with van der Waals surface area (Å²) >= 11 is 0. The largest absolute Gasteiger partial charge is 0.442 e. The van der Waals surface area contributed by atoms with Crippen LogP contribution in [0.4, 0.5) is 10.2 Å². The first-order chi connectivity index (χ1) is 13.4. The summed E-state index contributed by atoms with van der Waals surface area (Å²) in [6.07, 6.45) is 3.84. The normalized spacial score (nSPS) is 14.6. The van der Waals surface area contributed by atoms with Gasteiger partial charge in [-0.25, -0.2) is 14.4 Å². The molecule has 0 aliphatic heterocycles. The summed E-state index contributed by atoms with van der Waals surface area (Å²) in [5.74, 6) is 0.436. The third-order valence-electron chi connectivity index (χ3n) is 5.17. The van der Waals surface area contributed by atoms with Gasteiger partial charge in [0.2, 0.25) is 5.71 Å². The number of hydrogen-bond acceptors (Lipinski definition) is 6. The zero-order chi connectivity index (χ0) is 19.9. The first-order valence-corrected chi connectivity index (χ1v) is 9.14. The number of nitriles is 1. The van der Waals surface area contributed by atoms with Crippen LogP contribution in [0, 0.1) is 24.1 Å². The van der Waals surface area contributed by atoms with E-state index in [1.165, 1.54) is 12.4 Å². The van der Waals surface area contributed by atoms with Crippen LogP contribution in [0.1, 0.15) is 53.4 Å². The number of carbonyl (C=O) groups excluding carboxylic acids is 1. The Labute approximate surface area is 161 Å². The van der Waals surface area contributed by atoms with Crippen molar-refractivity contribution in [3.63, 3.8) is 0 Å². The van der Waals surface area contributed by atoms with Crippen molar-refractivity contribution >= 4 is 22.7 Å². The van der Waals surface area contributed by atoms with Gasteiger partial charge in [0.1, 0.15) is 23.7 Å². The Balaban J connectivity index is 1.62. The summed E-state index contributed by atoms with van der Waals surface area (Å²) in [6, 6.07) is 6.18. The number of Topliss-reactive ketones (excluding diaryl/α,β-unsaturated/α-hetero) is 1. The van der Waals surface area contributed by atoms with Crippen LogP contribution < -0.4 is 5.32 Å². The summed E-state index contributed by atoms with van der Waals surface area (Å²) in [5, 5.41) is 12.8. The Hall–Kier alpha value is -3.27. The second-order valence-electron chi connectivity index (χ2n) is 7.46. The zero-order valence-electron chi connectivity index (χ0n) is 15.7. The molecule has 4 rings (SSSR count). The second-order valence-corrected chi connectivity index (χ2v) is 7.46. The molecule has 0 spiro atoms. The van der Waals surface area contributed by atoms with Gasteiger partial charge in [0.25, 0.3) is 0 Å². The van der Waals surface area contributed by atoms with Crippen LogP contribution in [0.5, 0.6) is 0 Å². The summed E-state index contributed by atoms with van der Waals surface area (Å²) < 4.78 is 19.8. The van der Waals surface area contributed by atoms with E-state index in [2.05, 4.69) is 22.2 Å². The van der Waals surface area contributed by atoms with Gasteiger partial charge in [0.15, 0.2) is 5.78 Å². The maximum atomic E-state index is 14.1. The van der Waals surface area contributed by atoms with E-state index in [0.29, 0.717) is 33.8 Å². The number of fused-ring (bicyclic) bond motifs is 1. The smallest absolute Gasteiger partial charge is 0.232 e. The minimum Gasteiger partial charge on any atom is -0.442 e. The van der Waals surface area contributed by atoms with Crippen molar-refractivity contribution in [3.8, 4) is 6.07 Å². The first kappa shape index (κ1) is 18.1. The average molecular weight is 378 g/mol. The summed E-state index contributed by atoms with van der Waals surface area (Å²) in [6.45, 7) is 3.82. The number of aryl methyl sites for hydroxylation is 2. The minimum atomic E-state index is -0.479. The molecule has 1 N–H and O–H groups in total. The van der Waals surface area contributed by atoms with Gasteiger partial charge in [-0.3, -0.25) is 4.79 Å². The number of nitrogens with zero attached hydrogens (tertiary/aromatic N) is 3. The Bertz CT molecular complexity index is 1130. The van der Waals surface area contributed by atoms with Crippen LogP contribution >= 0.6 is 0 Å². The number of carbonyl (C=O) groups is 1. The standard InChI is InChI=1S/C21H19FN4O2/c1-12-17(16(27)6-5-14-4-3-13(10-23)9-15(14)22)18-19(26-21(2)7-8-21)24-11-25-20(18)28-12/h3-4,9,11H,5-8H2,1-2H3,(H,24,25,26). The Morgan fingerprint density at radius 3 is 2.86 bits per heavy atom. The average Bonchev–Trinajstić information content (AvgIpc) is 3.28.